The molecule has 0 aliphatic heterocycles. The fourth-order valence-corrected chi connectivity index (χ4v) is 1.97. The van der Waals surface area contributed by atoms with E-state index in [1.165, 1.54) is 0 Å². The molecule has 0 radical (unpaired) electrons. The van der Waals surface area contributed by atoms with Gasteiger partial charge in [0.15, 0.2) is 5.78 Å². The highest BCUT2D eigenvalue weighted by Crippen LogP contribution is 2.26. The van der Waals surface area contributed by atoms with E-state index in [4.69, 9.17) is 5.11 Å². The second-order valence-corrected chi connectivity index (χ2v) is 6.14. The van der Waals surface area contributed by atoms with Crippen molar-refractivity contribution in [3.05, 3.63) is 34.9 Å². The molecule has 1 atom stereocenters. The molecule has 0 bridgehead atoms. The normalized spacial score (nSPS) is 13.1. The molecule has 104 valence electrons. The van der Waals surface area contributed by atoms with Crippen molar-refractivity contribution in [2.45, 2.75) is 46.5 Å². The first kappa shape index (κ1) is 15.4. The van der Waals surface area contributed by atoms with Gasteiger partial charge >= 0.3 is 5.97 Å². The Bertz CT molecular complexity index is 495. The van der Waals surface area contributed by atoms with E-state index in [0.717, 1.165) is 11.1 Å². The lowest BCUT2D eigenvalue weighted by Gasteiger charge is -2.21. The third-order valence-electron chi connectivity index (χ3n) is 3.30. The quantitative estimate of drug-likeness (QED) is 0.844. The summed E-state index contributed by atoms with van der Waals surface area (Å²) in [6.07, 6.45) is -0.127. The average molecular weight is 262 g/mol. The Labute approximate surface area is 114 Å². The van der Waals surface area contributed by atoms with E-state index in [-0.39, 0.29) is 17.6 Å². The van der Waals surface area contributed by atoms with Crippen LogP contribution >= 0.6 is 0 Å². The van der Waals surface area contributed by atoms with Gasteiger partial charge in [-0.2, -0.15) is 0 Å². The van der Waals surface area contributed by atoms with E-state index in [2.05, 4.69) is 20.8 Å². The van der Waals surface area contributed by atoms with Gasteiger partial charge in [0, 0.05) is 11.5 Å². The Morgan fingerprint density at radius 3 is 2.32 bits per heavy atom. The Morgan fingerprint density at radius 1 is 1.26 bits per heavy atom. The van der Waals surface area contributed by atoms with Crippen LogP contribution in [0.5, 0.6) is 0 Å². The maximum absolute atomic E-state index is 12.3. The van der Waals surface area contributed by atoms with Crippen LogP contribution in [-0.2, 0) is 10.2 Å². The van der Waals surface area contributed by atoms with Crippen LogP contribution in [0.15, 0.2) is 18.2 Å². The number of rotatable bonds is 4. The van der Waals surface area contributed by atoms with Crippen molar-refractivity contribution in [1.82, 2.24) is 0 Å². The van der Waals surface area contributed by atoms with Crippen LogP contribution in [0.1, 0.15) is 55.6 Å². The van der Waals surface area contributed by atoms with Crippen molar-refractivity contribution in [1.29, 1.82) is 0 Å². The highest BCUT2D eigenvalue weighted by Gasteiger charge is 2.22. The number of hydrogen-bond donors (Lipinski definition) is 1. The molecule has 0 heterocycles. The molecule has 3 nitrogen and oxygen atoms in total. The van der Waals surface area contributed by atoms with Gasteiger partial charge in [0.1, 0.15) is 0 Å². The van der Waals surface area contributed by atoms with E-state index < -0.39 is 11.9 Å². The number of ketones is 1. The van der Waals surface area contributed by atoms with Gasteiger partial charge in [-0.25, -0.2) is 0 Å². The molecule has 19 heavy (non-hydrogen) atoms. The molecule has 1 N–H and O–H groups in total. The molecular formula is C16H22O3. The highest BCUT2D eigenvalue weighted by molar-refractivity contribution is 6.00. The standard InChI is InChI=1S/C16H22O3/c1-10-6-7-12(16(3,4)5)9-13(10)15(19)11(2)8-14(17)18/h6-7,9,11H,8H2,1-5H3,(H,17,18). The van der Waals surface area contributed by atoms with Crippen molar-refractivity contribution >= 4 is 11.8 Å². The predicted molar refractivity (Wildman–Crippen MR) is 75.6 cm³/mol. The zero-order chi connectivity index (χ0) is 14.8. The number of aliphatic carboxylic acids is 1. The Morgan fingerprint density at radius 2 is 1.84 bits per heavy atom. The number of carboxylic acids is 1. The van der Waals surface area contributed by atoms with Gasteiger partial charge < -0.3 is 5.11 Å². The van der Waals surface area contributed by atoms with Gasteiger partial charge in [0.25, 0.3) is 0 Å². The van der Waals surface area contributed by atoms with Gasteiger partial charge in [-0.15, -0.1) is 0 Å². The molecule has 3 heteroatoms. The van der Waals surface area contributed by atoms with Crippen LogP contribution in [0.4, 0.5) is 0 Å². The number of Topliss-reactive ketones (excluding diaryl/α,β-unsaturated/α-hetero) is 1. The van der Waals surface area contributed by atoms with Crippen molar-refractivity contribution in [3.8, 4) is 0 Å². The molecule has 1 rings (SSSR count). The number of carbonyl (C=O) groups is 2. The highest BCUT2D eigenvalue weighted by atomic mass is 16.4. The molecule has 0 aliphatic carbocycles. The van der Waals surface area contributed by atoms with Crippen LogP contribution in [0.3, 0.4) is 0 Å². The second kappa shape index (κ2) is 5.55. The van der Waals surface area contributed by atoms with Gasteiger partial charge in [0.2, 0.25) is 0 Å². The molecule has 0 aromatic heterocycles. The minimum atomic E-state index is -0.939. The lowest BCUT2D eigenvalue weighted by atomic mass is 9.83. The minimum Gasteiger partial charge on any atom is -0.481 e. The zero-order valence-electron chi connectivity index (χ0n) is 12.3. The van der Waals surface area contributed by atoms with E-state index >= 15 is 0 Å². The van der Waals surface area contributed by atoms with Crippen LogP contribution < -0.4 is 0 Å². The van der Waals surface area contributed by atoms with Gasteiger partial charge in [0.05, 0.1) is 6.42 Å². The second-order valence-electron chi connectivity index (χ2n) is 6.14. The van der Waals surface area contributed by atoms with Crippen molar-refractivity contribution in [3.63, 3.8) is 0 Å². The first-order valence-corrected chi connectivity index (χ1v) is 6.50. The SMILES string of the molecule is Cc1ccc(C(C)(C)C)cc1C(=O)C(C)CC(=O)O. The van der Waals surface area contributed by atoms with Gasteiger partial charge in [-0.05, 0) is 29.5 Å². The third kappa shape index (κ3) is 3.91. The molecule has 1 unspecified atom stereocenters. The molecule has 1 aromatic carbocycles. The van der Waals surface area contributed by atoms with Crippen molar-refractivity contribution in [2.24, 2.45) is 5.92 Å². The number of benzene rings is 1. The average Bonchev–Trinajstić information content (AvgIpc) is 2.26. The summed E-state index contributed by atoms with van der Waals surface area (Å²) in [5.74, 6) is -1.53. The molecule has 0 amide bonds. The van der Waals surface area contributed by atoms with E-state index in [9.17, 15) is 9.59 Å². The summed E-state index contributed by atoms with van der Waals surface area (Å²) in [6, 6.07) is 5.85. The minimum absolute atomic E-state index is 0.0290. The summed E-state index contributed by atoms with van der Waals surface area (Å²) >= 11 is 0. The Hall–Kier alpha value is -1.64. The summed E-state index contributed by atoms with van der Waals surface area (Å²) < 4.78 is 0. The molecule has 1 aromatic rings. The lowest BCUT2D eigenvalue weighted by molar-refractivity contribution is -0.137. The maximum atomic E-state index is 12.3. The van der Waals surface area contributed by atoms with Crippen molar-refractivity contribution < 1.29 is 14.7 Å². The van der Waals surface area contributed by atoms with Crippen LogP contribution in [-0.4, -0.2) is 16.9 Å². The number of carboxylic acid groups (broad SMARTS) is 1. The molecule has 0 saturated carbocycles. The summed E-state index contributed by atoms with van der Waals surface area (Å²) in [5.41, 5.74) is 2.60. The van der Waals surface area contributed by atoms with E-state index in [1.807, 2.05) is 25.1 Å². The van der Waals surface area contributed by atoms with Crippen molar-refractivity contribution in [2.75, 3.05) is 0 Å². The van der Waals surface area contributed by atoms with E-state index in [0.29, 0.717) is 5.56 Å². The smallest absolute Gasteiger partial charge is 0.304 e. The van der Waals surface area contributed by atoms with E-state index in [1.54, 1.807) is 6.92 Å². The molecule has 0 aliphatic rings. The summed E-state index contributed by atoms with van der Waals surface area (Å²) in [6.45, 7) is 9.82. The van der Waals surface area contributed by atoms with Crippen LogP contribution in [0.25, 0.3) is 0 Å². The maximum Gasteiger partial charge on any atom is 0.304 e. The largest absolute Gasteiger partial charge is 0.481 e. The first-order chi connectivity index (χ1) is 8.62. The summed E-state index contributed by atoms with van der Waals surface area (Å²) in [4.78, 5) is 23.0. The number of carbonyl (C=O) groups excluding carboxylic acids is 1. The van der Waals surface area contributed by atoms with Gasteiger partial charge in [-0.3, -0.25) is 9.59 Å². The molecular weight excluding hydrogens is 240 g/mol. The van der Waals surface area contributed by atoms with Crippen LogP contribution in [0.2, 0.25) is 0 Å². The van der Waals surface area contributed by atoms with Crippen LogP contribution in [0, 0.1) is 12.8 Å². The lowest BCUT2D eigenvalue weighted by Crippen LogP contribution is -2.18. The predicted octanol–water partition coefficient (Wildman–Crippen LogP) is 3.59. The van der Waals surface area contributed by atoms with Gasteiger partial charge in [-0.1, -0.05) is 39.8 Å². The molecule has 0 saturated heterocycles. The zero-order valence-corrected chi connectivity index (χ0v) is 12.3. The molecule has 0 fully saturated rings. The third-order valence-corrected chi connectivity index (χ3v) is 3.30. The topological polar surface area (TPSA) is 54.4 Å². The number of hydrogen-bond acceptors (Lipinski definition) is 2. The first-order valence-electron chi connectivity index (χ1n) is 6.50. The Balaban J connectivity index is 3.12. The number of aryl methyl sites for hydroxylation is 1. The fourth-order valence-electron chi connectivity index (χ4n) is 1.97. The monoisotopic (exact) mass is 262 g/mol. The Kier molecular flexibility index (Phi) is 4.51. The fraction of sp³-hybridized carbons (Fsp3) is 0.500. The summed E-state index contributed by atoms with van der Waals surface area (Å²) in [5, 5.41) is 8.78. The summed E-state index contributed by atoms with van der Waals surface area (Å²) in [7, 11) is 0. The molecule has 0 spiro atoms.